The Labute approximate surface area is 134 Å². The van der Waals surface area contributed by atoms with E-state index in [0.717, 1.165) is 13.1 Å². The van der Waals surface area contributed by atoms with Gasteiger partial charge in [0, 0.05) is 13.1 Å². The molecule has 2 aromatic carbocycles. The summed E-state index contributed by atoms with van der Waals surface area (Å²) < 4.78 is 0. The van der Waals surface area contributed by atoms with E-state index in [1.807, 2.05) is 0 Å². The maximum Gasteiger partial charge on any atom is 0.0227 e. The molecule has 0 spiro atoms. The van der Waals surface area contributed by atoms with Crippen molar-refractivity contribution in [1.82, 2.24) is 9.80 Å². The van der Waals surface area contributed by atoms with Crippen molar-refractivity contribution in [2.45, 2.75) is 13.1 Å². The maximum atomic E-state index is 2.19. The van der Waals surface area contributed by atoms with Gasteiger partial charge < -0.3 is 9.80 Å². The zero-order chi connectivity index (χ0) is 15.9. The van der Waals surface area contributed by atoms with Crippen LogP contribution in [0.25, 0.3) is 12.2 Å². The number of benzene rings is 2. The first-order valence-electron chi connectivity index (χ1n) is 7.68. The van der Waals surface area contributed by atoms with Crippen LogP contribution < -0.4 is 0 Å². The molecule has 0 N–H and O–H groups in total. The average Bonchev–Trinajstić information content (AvgIpc) is 2.47. The van der Waals surface area contributed by atoms with Crippen LogP contribution in [0.5, 0.6) is 0 Å². The van der Waals surface area contributed by atoms with Crippen LogP contribution in [0.1, 0.15) is 22.3 Å². The number of rotatable bonds is 6. The summed E-state index contributed by atoms with van der Waals surface area (Å²) in [6, 6.07) is 17.5. The summed E-state index contributed by atoms with van der Waals surface area (Å²) in [5, 5.41) is 0. The van der Waals surface area contributed by atoms with Gasteiger partial charge in [0.25, 0.3) is 0 Å². The molecule has 0 aromatic heterocycles. The molecule has 0 heterocycles. The van der Waals surface area contributed by atoms with Crippen molar-refractivity contribution in [3.63, 3.8) is 0 Å². The second-order valence-electron chi connectivity index (χ2n) is 6.29. The van der Waals surface area contributed by atoms with Gasteiger partial charge in [-0.3, -0.25) is 0 Å². The van der Waals surface area contributed by atoms with Crippen LogP contribution in [-0.2, 0) is 13.1 Å². The molecule has 0 aliphatic heterocycles. The Morgan fingerprint density at radius 2 is 0.909 bits per heavy atom. The molecule has 0 atom stereocenters. The molecule has 0 radical (unpaired) electrons. The van der Waals surface area contributed by atoms with Crippen LogP contribution in [-0.4, -0.2) is 38.0 Å². The smallest absolute Gasteiger partial charge is 0.0227 e. The lowest BCUT2D eigenvalue weighted by Crippen LogP contribution is -2.10. The lowest BCUT2D eigenvalue weighted by molar-refractivity contribution is 0.402. The lowest BCUT2D eigenvalue weighted by Gasteiger charge is -2.09. The molecule has 0 fully saturated rings. The summed E-state index contributed by atoms with van der Waals surface area (Å²) in [7, 11) is 8.36. The molecule has 2 rings (SSSR count). The van der Waals surface area contributed by atoms with Gasteiger partial charge >= 0.3 is 0 Å². The van der Waals surface area contributed by atoms with Crippen molar-refractivity contribution in [2.75, 3.05) is 28.2 Å². The van der Waals surface area contributed by atoms with Crippen LogP contribution >= 0.6 is 0 Å². The number of nitrogens with zero attached hydrogens (tertiary/aromatic N) is 2. The Hall–Kier alpha value is -1.90. The molecule has 116 valence electrons. The van der Waals surface area contributed by atoms with E-state index >= 15 is 0 Å². The minimum Gasteiger partial charge on any atom is -0.305 e. The number of hydrogen-bond acceptors (Lipinski definition) is 2. The molecule has 0 saturated carbocycles. The van der Waals surface area contributed by atoms with E-state index in [2.05, 4.69) is 98.7 Å². The molecule has 0 unspecified atom stereocenters. The fraction of sp³-hybridized carbons (Fsp3) is 0.300. The van der Waals surface area contributed by atoms with Crippen molar-refractivity contribution in [1.29, 1.82) is 0 Å². The van der Waals surface area contributed by atoms with Crippen molar-refractivity contribution in [2.24, 2.45) is 0 Å². The quantitative estimate of drug-likeness (QED) is 0.744. The van der Waals surface area contributed by atoms with Crippen LogP contribution in [0.15, 0.2) is 48.5 Å². The molecular formula is C20H26N2. The molecule has 2 nitrogen and oxygen atoms in total. The van der Waals surface area contributed by atoms with E-state index in [1.54, 1.807) is 0 Å². The Balaban J connectivity index is 1.99. The molecule has 0 aliphatic rings. The summed E-state index contributed by atoms with van der Waals surface area (Å²) in [4.78, 5) is 4.36. The van der Waals surface area contributed by atoms with E-state index in [9.17, 15) is 0 Å². The minimum atomic E-state index is 0.983. The summed E-state index contributed by atoms with van der Waals surface area (Å²) >= 11 is 0. The molecule has 2 heteroatoms. The van der Waals surface area contributed by atoms with Gasteiger partial charge in [0.2, 0.25) is 0 Å². The van der Waals surface area contributed by atoms with Gasteiger partial charge in [0.05, 0.1) is 0 Å². The van der Waals surface area contributed by atoms with E-state index in [4.69, 9.17) is 0 Å². The molecule has 22 heavy (non-hydrogen) atoms. The molecule has 0 aliphatic carbocycles. The fourth-order valence-electron chi connectivity index (χ4n) is 2.39. The van der Waals surface area contributed by atoms with Crippen molar-refractivity contribution >= 4 is 12.2 Å². The highest BCUT2D eigenvalue weighted by molar-refractivity contribution is 5.69. The first-order valence-corrected chi connectivity index (χ1v) is 7.68. The molecular weight excluding hydrogens is 268 g/mol. The first kappa shape index (κ1) is 16.5. The zero-order valence-electron chi connectivity index (χ0n) is 14.1. The third-order valence-electron chi connectivity index (χ3n) is 3.43. The summed E-state index contributed by atoms with van der Waals surface area (Å²) in [5.74, 6) is 0. The van der Waals surface area contributed by atoms with Crippen molar-refractivity contribution in [3.05, 3.63) is 70.8 Å². The predicted molar refractivity (Wildman–Crippen MR) is 96.6 cm³/mol. The topological polar surface area (TPSA) is 6.48 Å². The van der Waals surface area contributed by atoms with Gasteiger partial charge in [0.1, 0.15) is 0 Å². The summed E-state index contributed by atoms with van der Waals surface area (Å²) in [6.07, 6.45) is 4.33. The SMILES string of the molecule is CN(C)Cc1ccc(/C=C/c2ccc(CN(C)C)cc2)cc1. The molecule has 0 saturated heterocycles. The highest BCUT2D eigenvalue weighted by atomic mass is 15.0. The van der Waals surface area contributed by atoms with Gasteiger partial charge in [-0.05, 0) is 50.4 Å². The molecule has 0 amide bonds. The van der Waals surface area contributed by atoms with Gasteiger partial charge in [-0.1, -0.05) is 60.7 Å². The highest BCUT2D eigenvalue weighted by Crippen LogP contribution is 2.12. The Morgan fingerprint density at radius 1 is 0.591 bits per heavy atom. The zero-order valence-corrected chi connectivity index (χ0v) is 14.1. The van der Waals surface area contributed by atoms with E-state index < -0.39 is 0 Å². The second kappa shape index (κ2) is 7.92. The average molecular weight is 294 g/mol. The van der Waals surface area contributed by atoms with E-state index in [-0.39, 0.29) is 0 Å². The van der Waals surface area contributed by atoms with Crippen molar-refractivity contribution < 1.29 is 0 Å². The van der Waals surface area contributed by atoms with E-state index in [1.165, 1.54) is 22.3 Å². The predicted octanol–water partition coefficient (Wildman–Crippen LogP) is 3.98. The minimum absolute atomic E-state index is 0.983. The van der Waals surface area contributed by atoms with Crippen LogP contribution in [0, 0.1) is 0 Å². The van der Waals surface area contributed by atoms with Crippen LogP contribution in [0.2, 0.25) is 0 Å². The summed E-state index contributed by atoms with van der Waals surface area (Å²) in [6.45, 7) is 1.97. The Kier molecular flexibility index (Phi) is 5.93. The van der Waals surface area contributed by atoms with Gasteiger partial charge in [-0.2, -0.15) is 0 Å². The Morgan fingerprint density at radius 3 is 1.18 bits per heavy atom. The second-order valence-corrected chi connectivity index (χ2v) is 6.29. The van der Waals surface area contributed by atoms with Crippen LogP contribution in [0.3, 0.4) is 0 Å². The largest absolute Gasteiger partial charge is 0.305 e. The van der Waals surface area contributed by atoms with Crippen LogP contribution in [0.4, 0.5) is 0 Å². The number of hydrogen-bond donors (Lipinski definition) is 0. The molecule has 2 aromatic rings. The van der Waals surface area contributed by atoms with Crippen molar-refractivity contribution in [3.8, 4) is 0 Å². The maximum absolute atomic E-state index is 2.19. The van der Waals surface area contributed by atoms with Gasteiger partial charge in [-0.25, -0.2) is 0 Å². The fourth-order valence-corrected chi connectivity index (χ4v) is 2.39. The molecule has 0 bridgehead atoms. The standard InChI is InChI=1S/C20H26N2/c1-21(2)15-19-11-7-17(8-12-19)5-6-18-9-13-20(14-10-18)16-22(3)4/h5-14H,15-16H2,1-4H3/b6-5+. The third-order valence-corrected chi connectivity index (χ3v) is 3.43. The van der Waals surface area contributed by atoms with E-state index in [0.29, 0.717) is 0 Å². The van der Waals surface area contributed by atoms with Gasteiger partial charge in [-0.15, -0.1) is 0 Å². The lowest BCUT2D eigenvalue weighted by atomic mass is 10.1. The normalized spacial score (nSPS) is 11.7. The Bertz CT molecular complexity index is 537. The summed E-state index contributed by atoms with van der Waals surface area (Å²) in [5.41, 5.74) is 5.16. The monoisotopic (exact) mass is 294 g/mol. The highest BCUT2D eigenvalue weighted by Gasteiger charge is 1.96. The van der Waals surface area contributed by atoms with Gasteiger partial charge in [0.15, 0.2) is 0 Å². The third kappa shape index (κ3) is 5.47. The first-order chi connectivity index (χ1) is 10.5.